The number of hydrogen-bond acceptors (Lipinski definition) is 1. The molecule has 0 heterocycles. The van der Waals surface area contributed by atoms with Crippen molar-refractivity contribution in [2.75, 3.05) is 13.1 Å². The van der Waals surface area contributed by atoms with Crippen molar-refractivity contribution in [3.63, 3.8) is 0 Å². The van der Waals surface area contributed by atoms with Gasteiger partial charge in [0, 0.05) is 0 Å². The van der Waals surface area contributed by atoms with Crippen LogP contribution in [0.25, 0.3) is 0 Å². The zero-order chi connectivity index (χ0) is 12.1. The van der Waals surface area contributed by atoms with Gasteiger partial charge in [0.2, 0.25) is 0 Å². The van der Waals surface area contributed by atoms with Crippen molar-refractivity contribution < 1.29 is 0 Å². The summed E-state index contributed by atoms with van der Waals surface area (Å²) >= 11 is 0. The van der Waals surface area contributed by atoms with E-state index < -0.39 is 0 Å². The van der Waals surface area contributed by atoms with Crippen molar-refractivity contribution in [1.29, 1.82) is 0 Å². The molecule has 2 rings (SSSR count). The van der Waals surface area contributed by atoms with Crippen molar-refractivity contribution in [3.8, 4) is 0 Å². The Bertz CT molecular complexity index is 324. The van der Waals surface area contributed by atoms with Crippen LogP contribution in [-0.4, -0.2) is 13.1 Å². The lowest BCUT2D eigenvalue weighted by Crippen LogP contribution is -2.21. The standard InChI is InChI=1S/C16H25N/c1-3-17-12-13(2)11-14-7-9-16(10-8-14)15-5-4-6-15/h7-10,13,15,17H,3-6,11-12H2,1-2H3. The number of nitrogens with one attached hydrogen (secondary N) is 1. The van der Waals surface area contributed by atoms with Crippen molar-refractivity contribution in [1.82, 2.24) is 5.32 Å². The highest BCUT2D eigenvalue weighted by Crippen LogP contribution is 2.36. The third kappa shape index (κ3) is 3.57. The zero-order valence-corrected chi connectivity index (χ0v) is 11.2. The lowest BCUT2D eigenvalue weighted by molar-refractivity contribution is 0.419. The average Bonchev–Trinajstić information content (AvgIpc) is 2.27. The Hall–Kier alpha value is -0.820. The number of benzene rings is 1. The first-order valence-electron chi connectivity index (χ1n) is 7.09. The maximum absolute atomic E-state index is 3.42. The Morgan fingerprint density at radius 3 is 2.47 bits per heavy atom. The van der Waals surface area contributed by atoms with E-state index in [0.29, 0.717) is 0 Å². The lowest BCUT2D eigenvalue weighted by atomic mass is 9.80. The van der Waals surface area contributed by atoms with Gasteiger partial charge in [-0.25, -0.2) is 0 Å². The maximum Gasteiger partial charge on any atom is -0.00201 e. The van der Waals surface area contributed by atoms with E-state index in [1.807, 2.05) is 0 Å². The quantitative estimate of drug-likeness (QED) is 0.786. The van der Waals surface area contributed by atoms with Gasteiger partial charge in [0.15, 0.2) is 0 Å². The average molecular weight is 231 g/mol. The summed E-state index contributed by atoms with van der Waals surface area (Å²) < 4.78 is 0. The third-order valence-corrected chi connectivity index (χ3v) is 3.88. The molecule has 1 fully saturated rings. The van der Waals surface area contributed by atoms with Gasteiger partial charge in [-0.05, 0) is 55.3 Å². The Kier molecular flexibility index (Phi) is 4.61. The maximum atomic E-state index is 3.42. The molecule has 0 spiro atoms. The molecule has 1 atom stereocenters. The van der Waals surface area contributed by atoms with Gasteiger partial charge < -0.3 is 5.32 Å². The van der Waals surface area contributed by atoms with Crippen molar-refractivity contribution in [3.05, 3.63) is 35.4 Å². The molecule has 0 amide bonds. The fourth-order valence-electron chi connectivity index (χ4n) is 2.53. The highest BCUT2D eigenvalue weighted by Gasteiger charge is 2.18. The first-order chi connectivity index (χ1) is 8.29. The van der Waals surface area contributed by atoms with E-state index >= 15 is 0 Å². The van der Waals surface area contributed by atoms with Gasteiger partial charge in [-0.2, -0.15) is 0 Å². The lowest BCUT2D eigenvalue weighted by Gasteiger charge is -2.26. The molecule has 1 saturated carbocycles. The highest BCUT2D eigenvalue weighted by atomic mass is 14.8. The summed E-state index contributed by atoms with van der Waals surface area (Å²) in [4.78, 5) is 0. The predicted octanol–water partition coefficient (Wildman–Crippen LogP) is 3.74. The molecule has 0 radical (unpaired) electrons. The van der Waals surface area contributed by atoms with E-state index in [1.165, 1.54) is 31.2 Å². The second-order valence-corrected chi connectivity index (χ2v) is 5.49. The summed E-state index contributed by atoms with van der Waals surface area (Å²) in [5.41, 5.74) is 3.04. The van der Waals surface area contributed by atoms with E-state index in [1.54, 1.807) is 5.56 Å². The van der Waals surface area contributed by atoms with E-state index in [9.17, 15) is 0 Å². The molecule has 1 aromatic rings. The summed E-state index contributed by atoms with van der Waals surface area (Å²) in [7, 11) is 0. The van der Waals surface area contributed by atoms with Crippen LogP contribution < -0.4 is 5.32 Å². The Labute approximate surface area is 106 Å². The van der Waals surface area contributed by atoms with Crippen LogP contribution >= 0.6 is 0 Å². The Morgan fingerprint density at radius 1 is 1.24 bits per heavy atom. The summed E-state index contributed by atoms with van der Waals surface area (Å²) in [5, 5.41) is 3.42. The van der Waals surface area contributed by atoms with Crippen molar-refractivity contribution >= 4 is 0 Å². The van der Waals surface area contributed by atoms with Gasteiger partial charge in [0.1, 0.15) is 0 Å². The Morgan fingerprint density at radius 2 is 1.94 bits per heavy atom. The van der Waals surface area contributed by atoms with Gasteiger partial charge in [-0.3, -0.25) is 0 Å². The molecule has 1 N–H and O–H groups in total. The first-order valence-corrected chi connectivity index (χ1v) is 7.09. The predicted molar refractivity (Wildman–Crippen MR) is 74.4 cm³/mol. The first kappa shape index (κ1) is 12.6. The van der Waals surface area contributed by atoms with E-state index in [-0.39, 0.29) is 0 Å². The minimum absolute atomic E-state index is 0.726. The van der Waals surface area contributed by atoms with Gasteiger partial charge in [0.25, 0.3) is 0 Å². The van der Waals surface area contributed by atoms with Gasteiger partial charge in [-0.15, -0.1) is 0 Å². The molecule has 0 aliphatic heterocycles. The van der Waals surface area contributed by atoms with Crippen LogP contribution in [0, 0.1) is 5.92 Å². The summed E-state index contributed by atoms with van der Waals surface area (Å²) in [5.74, 6) is 1.59. The molecule has 17 heavy (non-hydrogen) atoms. The van der Waals surface area contributed by atoms with Gasteiger partial charge >= 0.3 is 0 Å². The minimum Gasteiger partial charge on any atom is -0.317 e. The molecule has 1 aliphatic rings. The highest BCUT2D eigenvalue weighted by molar-refractivity contribution is 5.26. The number of rotatable bonds is 6. The second-order valence-electron chi connectivity index (χ2n) is 5.49. The molecule has 1 aliphatic carbocycles. The largest absolute Gasteiger partial charge is 0.317 e. The fraction of sp³-hybridized carbons (Fsp3) is 0.625. The molecule has 1 unspecified atom stereocenters. The summed E-state index contributed by atoms with van der Waals surface area (Å²) in [6, 6.07) is 9.35. The Balaban J connectivity index is 1.84. The normalized spacial score (nSPS) is 17.8. The smallest absolute Gasteiger partial charge is 0.00201 e. The van der Waals surface area contributed by atoms with Crippen molar-refractivity contribution in [2.45, 2.75) is 45.4 Å². The third-order valence-electron chi connectivity index (χ3n) is 3.88. The monoisotopic (exact) mass is 231 g/mol. The molecule has 1 aromatic carbocycles. The van der Waals surface area contributed by atoms with Crippen LogP contribution in [0.1, 0.15) is 50.2 Å². The minimum atomic E-state index is 0.726. The van der Waals surface area contributed by atoms with E-state index in [2.05, 4.69) is 43.4 Å². The zero-order valence-electron chi connectivity index (χ0n) is 11.2. The van der Waals surface area contributed by atoms with Crippen molar-refractivity contribution in [2.24, 2.45) is 5.92 Å². The van der Waals surface area contributed by atoms with Gasteiger partial charge in [0.05, 0.1) is 0 Å². The van der Waals surface area contributed by atoms with Crippen LogP contribution in [0.3, 0.4) is 0 Å². The molecule has 0 aromatic heterocycles. The topological polar surface area (TPSA) is 12.0 Å². The van der Waals surface area contributed by atoms with E-state index in [0.717, 1.165) is 24.9 Å². The number of hydrogen-bond donors (Lipinski definition) is 1. The van der Waals surface area contributed by atoms with Crippen LogP contribution in [0.5, 0.6) is 0 Å². The molecule has 0 saturated heterocycles. The SMILES string of the molecule is CCNCC(C)Cc1ccc(C2CCC2)cc1. The fourth-order valence-corrected chi connectivity index (χ4v) is 2.53. The molecule has 1 heteroatoms. The molecule has 94 valence electrons. The summed E-state index contributed by atoms with van der Waals surface area (Å²) in [6.45, 7) is 6.69. The van der Waals surface area contributed by atoms with Crippen LogP contribution in [0.15, 0.2) is 24.3 Å². The van der Waals surface area contributed by atoms with Gasteiger partial charge in [-0.1, -0.05) is 44.5 Å². The van der Waals surface area contributed by atoms with Crippen LogP contribution in [0.2, 0.25) is 0 Å². The second kappa shape index (κ2) is 6.20. The molecule has 0 bridgehead atoms. The van der Waals surface area contributed by atoms with Crippen LogP contribution in [0.4, 0.5) is 0 Å². The summed E-state index contributed by atoms with van der Waals surface area (Å²) in [6.07, 6.45) is 5.41. The van der Waals surface area contributed by atoms with E-state index in [4.69, 9.17) is 0 Å². The molecule has 1 nitrogen and oxygen atoms in total. The molecular weight excluding hydrogens is 206 g/mol. The van der Waals surface area contributed by atoms with Crippen LogP contribution in [-0.2, 0) is 6.42 Å². The molecular formula is C16H25N.